The molecule has 7 heteroatoms. The predicted octanol–water partition coefficient (Wildman–Crippen LogP) is 2.77. The molecule has 0 spiro atoms. The van der Waals surface area contributed by atoms with Crippen molar-refractivity contribution in [2.75, 3.05) is 0 Å². The number of rotatable bonds is 5. The van der Waals surface area contributed by atoms with Crippen LogP contribution in [0.25, 0.3) is 0 Å². The number of carbonyl (C=O) groups is 1. The Kier molecular flexibility index (Phi) is 4.22. The number of carboxylic acids is 1. The van der Waals surface area contributed by atoms with Crippen molar-refractivity contribution in [3.05, 3.63) is 41.2 Å². The van der Waals surface area contributed by atoms with Crippen LogP contribution in [0.5, 0.6) is 0 Å². The zero-order valence-corrected chi connectivity index (χ0v) is 10.8. The fourth-order valence-electron chi connectivity index (χ4n) is 1.45. The molecule has 0 saturated carbocycles. The van der Waals surface area contributed by atoms with Crippen molar-refractivity contribution in [2.45, 2.75) is 16.8 Å². The number of benzene rings is 1. The Morgan fingerprint density at radius 2 is 2.17 bits per heavy atom. The summed E-state index contributed by atoms with van der Waals surface area (Å²) in [5.74, 6) is -0.859. The van der Waals surface area contributed by atoms with Crippen LogP contribution in [-0.2, 0) is 4.79 Å². The molecule has 94 valence electrons. The Morgan fingerprint density at radius 1 is 1.44 bits per heavy atom. The van der Waals surface area contributed by atoms with Crippen LogP contribution < -0.4 is 0 Å². The molecule has 1 heterocycles. The van der Waals surface area contributed by atoms with Crippen LogP contribution in [0.3, 0.4) is 0 Å². The van der Waals surface area contributed by atoms with Gasteiger partial charge in [0.15, 0.2) is 5.16 Å². The van der Waals surface area contributed by atoms with Crippen LogP contribution in [0, 0.1) is 0 Å². The van der Waals surface area contributed by atoms with Crippen LogP contribution in [0.2, 0.25) is 5.02 Å². The number of carboxylic acid groups (broad SMARTS) is 1. The lowest BCUT2D eigenvalue weighted by molar-refractivity contribution is -0.137. The minimum absolute atomic E-state index is 0.00694. The maximum Gasteiger partial charge on any atom is 0.304 e. The zero-order valence-electron chi connectivity index (χ0n) is 9.21. The van der Waals surface area contributed by atoms with E-state index in [9.17, 15) is 4.79 Å². The highest BCUT2D eigenvalue weighted by atomic mass is 35.5. The summed E-state index contributed by atoms with van der Waals surface area (Å²) < 4.78 is 0. The standard InChI is InChI=1S/C11H10ClN3O2S/c12-8-3-1-7(2-4-8)9(5-10(16)17)18-11-13-6-14-15-11/h1-4,6,9H,5H2,(H,16,17)(H,13,14,15). The lowest BCUT2D eigenvalue weighted by Crippen LogP contribution is -2.03. The van der Waals surface area contributed by atoms with Crippen LogP contribution in [-0.4, -0.2) is 26.3 Å². The first kappa shape index (κ1) is 12.9. The van der Waals surface area contributed by atoms with Crippen LogP contribution in [0.1, 0.15) is 17.2 Å². The minimum Gasteiger partial charge on any atom is -0.481 e. The van der Waals surface area contributed by atoms with E-state index < -0.39 is 5.97 Å². The molecule has 0 radical (unpaired) electrons. The molecule has 0 aliphatic heterocycles. The van der Waals surface area contributed by atoms with Crippen molar-refractivity contribution in [2.24, 2.45) is 0 Å². The highest BCUT2D eigenvalue weighted by Crippen LogP contribution is 2.36. The second-order valence-corrected chi connectivity index (χ2v) is 5.17. The second kappa shape index (κ2) is 5.88. The average Bonchev–Trinajstić information content (AvgIpc) is 2.81. The fourth-order valence-corrected chi connectivity index (χ4v) is 2.58. The van der Waals surface area contributed by atoms with E-state index in [0.29, 0.717) is 10.2 Å². The number of thioether (sulfide) groups is 1. The van der Waals surface area contributed by atoms with Gasteiger partial charge in [-0.25, -0.2) is 4.98 Å². The molecule has 2 aromatic rings. The average molecular weight is 284 g/mol. The molecule has 1 unspecified atom stereocenters. The van der Waals surface area contributed by atoms with E-state index in [0.717, 1.165) is 5.56 Å². The van der Waals surface area contributed by atoms with Gasteiger partial charge in [0.2, 0.25) is 0 Å². The van der Waals surface area contributed by atoms with Crippen LogP contribution in [0.15, 0.2) is 35.7 Å². The monoisotopic (exact) mass is 283 g/mol. The first-order valence-corrected chi connectivity index (χ1v) is 6.40. The van der Waals surface area contributed by atoms with Gasteiger partial charge in [-0.3, -0.25) is 9.89 Å². The van der Waals surface area contributed by atoms with Gasteiger partial charge in [-0.1, -0.05) is 35.5 Å². The lowest BCUT2D eigenvalue weighted by atomic mass is 10.1. The molecule has 18 heavy (non-hydrogen) atoms. The van der Waals surface area contributed by atoms with Gasteiger partial charge in [-0.05, 0) is 17.7 Å². The molecule has 2 N–H and O–H groups in total. The number of nitrogens with zero attached hydrogens (tertiary/aromatic N) is 2. The number of aromatic nitrogens is 3. The third-order valence-electron chi connectivity index (χ3n) is 2.25. The van der Waals surface area contributed by atoms with Gasteiger partial charge in [0, 0.05) is 10.3 Å². The molecule has 0 bridgehead atoms. The summed E-state index contributed by atoms with van der Waals surface area (Å²) in [6, 6.07) is 7.12. The summed E-state index contributed by atoms with van der Waals surface area (Å²) in [6.45, 7) is 0. The summed E-state index contributed by atoms with van der Waals surface area (Å²) in [6.07, 6.45) is 1.40. The highest BCUT2D eigenvalue weighted by molar-refractivity contribution is 7.99. The smallest absolute Gasteiger partial charge is 0.304 e. The van der Waals surface area contributed by atoms with Gasteiger partial charge in [-0.15, -0.1) is 0 Å². The zero-order chi connectivity index (χ0) is 13.0. The number of hydrogen-bond donors (Lipinski definition) is 2. The van der Waals surface area contributed by atoms with E-state index in [1.165, 1.54) is 18.1 Å². The normalized spacial score (nSPS) is 12.3. The molecule has 1 aromatic carbocycles. The molecular weight excluding hydrogens is 274 g/mol. The third-order valence-corrected chi connectivity index (χ3v) is 3.64. The molecular formula is C11H10ClN3O2S. The van der Waals surface area contributed by atoms with Gasteiger partial charge >= 0.3 is 5.97 Å². The van der Waals surface area contributed by atoms with E-state index in [1.54, 1.807) is 12.1 Å². The number of H-pyrrole nitrogens is 1. The SMILES string of the molecule is O=C(O)CC(Sc1ncn[nH]1)c1ccc(Cl)cc1. The maximum atomic E-state index is 10.9. The molecule has 2 rings (SSSR count). The van der Waals surface area contributed by atoms with Crippen molar-refractivity contribution >= 4 is 29.3 Å². The van der Waals surface area contributed by atoms with E-state index in [1.807, 2.05) is 12.1 Å². The molecule has 1 aromatic heterocycles. The van der Waals surface area contributed by atoms with Crippen LogP contribution >= 0.6 is 23.4 Å². The number of aromatic amines is 1. The molecule has 0 aliphatic carbocycles. The molecule has 0 amide bonds. The number of hydrogen-bond acceptors (Lipinski definition) is 4. The van der Waals surface area contributed by atoms with E-state index in [4.69, 9.17) is 16.7 Å². The van der Waals surface area contributed by atoms with Gasteiger partial charge in [-0.2, -0.15) is 5.10 Å². The Morgan fingerprint density at radius 3 is 2.72 bits per heavy atom. The first-order chi connectivity index (χ1) is 8.65. The lowest BCUT2D eigenvalue weighted by Gasteiger charge is -2.13. The van der Waals surface area contributed by atoms with Gasteiger partial charge in [0.25, 0.3) is 0 Å². The molecule has 5 nitrogen and oxygen atoms in total. The molecule has 0 fully saturated rings. The van der Waals surface area contributed by atoms with Crippen molar-refractivity contribution in [1.82, 2.24) is 15.2 Å². The highest BCUT2D eigenvalue weighted by Gasteiger charge is 2.18. The van der Waals surface area contributed by atoms with E-state index in [2.05, 4.69) is 15.2 Å². The molecule has 0 saturated heterocycles. The third kappa shape index (κ3) is 3.48. The summed E-state index contributed by atoms with van der Waals surface area (Å²) in [5.41, 5.74) is 0.892. The Bertz CT molecular complexity index is 516. The largest absolute Gasteiger partial charge is 0.481 e. The summed E-state index contributed by atoms with van der Waals surface area (Å²) in [4.78, 5) is 14.9. The number of halogens is 1. The maximum absolute atomic E-state index is 10.9. The van der Waals surface area contributed by atoms with Gasteiger partial charge in [0.1, 0.15) is 6.33 Å². The number of aliphatic carboxylic acids is 1. The Hall–Kier alpha value is -1.53. The van der Waals surface area contributed by atoms with Gasteiger partial charge < -0.3 is 5.11 Å². The fraction of sp³-hybridized carbons (Fsp3) is 0.182. The van der Waals surface area contributed by atoms with Gasteiger partial charge in [0.05, 0.1) is 6.42 Å². The quantitative estimate of drug-likeness (QED) is 0.825. The van der Waals surface area contributed by atoms with Crippen molar-refractivity contribution in [3.8, 4) is 0 Å². The summed E-state index contributed by atoms with van der Waals surface area (Å²) in [5, 5.41) is 16.4. The topological polar surface area (TPSA) is 78.9 Å². The Balaban J connectivity index is 2.19. The van der Waals surface area contributed by atoms with Crippen molar-refractivity contribution < 1.29 is 9.90 Å². The Labute approximate surface area is 113 Å². The molecule has 1 atom stereocenters. The van der Waals surface area contributed by atoms with Crippen molar-refractivity contribution in [3.63, 3.8) is 0 Å². The summed E-state index contributed by atoms with van der Waals surface area (Å²) >= 11 is 7.14. The first-order valence-electron chi connectivity index (χ1n) is 5.14. The van der Waals surface area contributed by atoms with Crippen molar-refractivity contribution in [1.29, 1.82) is 0 Å². The van der Waals surface area contributed by atoms with E-state index in [-0.39, 0.29) is 11.7 Å². The predicted molar refractivity (Wildman–Crippen MR) is 68.7 cm³/mol. The minimum atomic E-state index is -0.859. The molecule has 0 aliphatic rings. The van der Waals surface area contributed by atoms with Crippen LogP contribution in [0.4, 0.5) is 0 Å². The second-order valence-electron chi connectivity index (χ2n) is 3.55. The van der Waals surface area contributed by atoms with E-state index >= 15 is 0 Å². The summed E-state index contributed by atoms with van der Waals surface area (Å²) in [7, 11) is 0. The number of nitrogens with one attached hydrogen (secondary N) is 1.